The molecule has 0 N–H and O–H groups in total. The van der Waals surface area contributed by atoms with Crippen LogP contribution in [0.15, 0.2) is 71.5 Å². The van der Waals surface area contributed by atoms with Crippen molar-refractivity contribution in [3.05, 3.63) is 88.3 Å². The zero-order valence-corrected chi connectivity index (χ0v) is 23.3. The molecule has 0 fully saturated rings. The highest BCUT2D eigenvalue weighted by molar-refractivity contribution is 5.93. The Balaban J connectivity index is 1.74. The van der Waals surface area contributed by atoms with E-state index in [1.807, 2.05) is 62.4 Å². The van der Waals surface area contributed by atoms with Gasteiger partial charge in [0.2, 0.25) is 0 Å². The van der Waals surface area contributed by atoms with Gasteiger partial charge in [-0.05, 0) is 67.6 Å². The molecule has 0 saturated carbocycles. The van der Waals surface area contributed by atoms with E-state index in [2.05, 4.69) is 31.0 Å². The van der Waals surface area contributed by atoms with Crippen LogP contribution in [0.2, 0.25) is 0 Å². The average molecular weight is 529 g/mol. The van der Waals surface area contributed by atoms with Gasteiger partial charge in [0, 0.05) is 10.9 Å². The third-order valence-corrected chi connectivity index (χ3v) is 6.55. The number of carbonyl (C=O) groups excluding carboxylic acids is 1. The van der Waals surface area contributed by atoms with Crippen LogP contribution in [0.4, 0.5) is 0 Å². The summed E-state index contributed by atoms with van der Waals surface area (Å²) >= 11 is 0. The molecule has 1 aromatic heterocycles. The molecule has 0 bridgehead atoms. The number of benzene rings is 3. The number of rotatable bonds is 11. The van der Waals surface area contributed by atoms with E-state index in [1.54, 1.807) is 17.6 Å². The average Bonchev–Trinajstić information content (AvgIpc) is 2.93. The zero-order valence-electron chi connectivity index (χ0n) is 23.3. The zero-order chi connectivity index (χ0) is 27.9. The van der Waals surface area contributed by atoms with Crippen molar-refractivity contribution in [2.24, 2.45) is 0 Å². The molecule has 0 spiro atoms. The molecule has 3 aromatic carbocycles. The van der Waals surface area contributed by atoms with Crippen molar-refractivity contribution < 1.29 is 19.0 Å². The molecule has 39 heavy (non-hydrogen) atoms. The highest BCUT2D eigenvalue weighted by Gasteiger charge is 2.20. The van der Waals surface area contributed by atoms with Crippen molar-refractivity contribution in [1.29, 1.82) is 0 Å². The molecule has 0 aliphatic rings. The molecule has 204 valence electrons. The van der Waals surface area contributed by atoms with Crippen molar-refractivity contribution in [3.63, 3.8) is 0 Å². The monoisotopic (exact) mass is 528 g/mol. The Hall–Kier alpha value is -4.13. The highest BCUT2D eigenvalue weighted by atomic mass is 16.6. The maximum Gasteiger partial charge on any atom is 0.348 e. The fraction of sp³-hybridized carbons (Fsp3) is 0.344. The summed E-state index contributed by atoms with van der Waals surface area (Å²) in [5.74, 6) is 1.28. The second kappa shape index (κ2) is 12.6. The lowest BCUT2D eigenvalue weighted by molar-refractivity contribution is -0.151. The minimum absolute atomic E-state index is 0.288. The van der Waals surface area contributed by atoms with Crippen LogP contribution in [-0.4, -0.2) is 34.8 Å². The van der Waals surface area contributed by atoms with E-state index in [9.17, 15) is 9.59 Å². The standard InChI is InChI=1S/C32H36N2O5/c1-6-29(31(35)38-8-3)39-26-11-9-10-22(18-26)20-34-28-17-16-25(37-7-2)19-27(28)30(33-32(34)36)24-14-12-23(13-15-24)21(4)5/h9-19,21,29H,6-8,20H2,1-5H3. The number of aromatic nitrogens is 2. The van der Waals surface area contributed by atoms with Crippen LogP contribution < -0.4 is 15.2 Å². The van der Waals surface area contributed by atoms with Crippen molar-refractivity contribution >= 4 is 16.9 Å². The van der Waals surface area contributed by atoms with Crippen LogP contribution in [0.5, 0.6) is 11.5 Å². The van der Waals surface area contributed by atoms with E-state index in [4.69, 9.17) is 14.2 Å². The van der Waals surface area contributed by atoms with E-state index < -0.39 is 6.10 Å². The maximum atomic E-state index is 13.4. The van der Waals surface area contributed by atoms with Gasteiger partial charge in [-0.1, -0.05) is 57.2 Å². The predicted octanol–water partition coefficient (Wildman–Crippen LogP) is 6.35. The van der Waals surface area contributed by atoms with Crippen LogP contribution in [-0.2, 0) is 16.1 Å². The van der Waals surface area contributed by atoms with E-state index in [1.165, 1.54) is 5.56 Å². The largest absolute Gasteiger partial charge is 0.494 e. The molecule has 7 nitrogen and oxygen atoms in total. The number of esters is 1. The van der Waals surface area contributed by atoms with Crippen LogP contribution in [0, 0.1) is 0 Å². The molecule has 4 aromatic rings. The Morgan fingerprint density at radius 3 is 2.36 bits per heavy atom. The molecule has 1 heterocycles. The predicted molar refractivity (Wildman–Crippen MR) is 154 cm³/mol. The van der Waals surface area contributed by atoms with E-state index >= 15 is 0 Å². The number of fused-ring (bicyclic) bond motifs is 1. The van der Waals surface area contributed by atoms with Crippen molar-refractivity contribution in [3.8, 4) is 22.8 Å². The lowest BCUT2D eigenvalue weighted by Crippen LogP contribution is -2.28. The molecule has 0 aliphatic carbocycles. The molecular formula is C32H36N2O5. The number of nitrogens with zero attached hydrogens (tertiary/aromatic N) is 2. The van der Waals surface area contributed by atoms with Gasteiger partial charge in [-0.15, -0.1) is 0 Å². The summed E-state index contributed by atoms with van der Waals surface area (Å²) in [5.41, 5.74) is 3.98. The summed E-state index contributed by atoms with van der Waals surface area (Å²) in [6.45, 7) is 11.0. The van der Waals surface area contributed by atoms with Gasteiger partial charge >= 0.3 is 11.7 Å². The fourth-order valence-electron chi connectivity index (χ4n) is 4.51. The van der Waals surface area contributed by atoms with Crippen molar-refractivity contribution in [2.45, 2.75) is 59.6 Å². The van der Waals surface area contributed by atoms with Gasteiger partial charge in [0.05, 0.1) is 31.0 Å². The molecule has 1 atom stereocenters. The second-order valence-corrected chi connectivity index (χ2v) is 9.63. The first-order valence-corrected chi connectivity index (χ1v) is 13.5. The highest BCUT2D eigenvalue weighted by Crippen LogP contribution is 2.30. The third kappa shape index (κ3) is 6.48. The van der Waals surface area contributed by atoms with Crippen molar-refractivity contribution in [2.75, 3.05) is 13.2 Å². The van der Waals surface area contributed by atoms with Gasteiger partial charge in [-0.3, -0.25) is 4.57 Å². The van der Waals surface area contributed by atoms with E-state index in [0.29, 0.717) is 37.0 Å². The minimum Gasteiger partial charge on any atom is -0.494 e. The van der Waals surface area contributed by atoms with Gasteiger partial charge < -0.3 is 14.2 Å². The topological polar surface area (TPSA) is 79.7 Å². The number of hydrogen-bond acceptors (Lipinski definition) is 6. The van der Waals surface area contributed by atoms with Gasteiger partial charge in [0.1, 0.15) is 11.5 Å². The van der Waals surface area contributed by atoms with Crippen LogP contribution in [0.1, 0.15) is 58.1 Å². The Kier molecular flexibility index (Phi) is 9.02. The first-order chi connectivity index (χ1) is 18.8. The smallest absolute Gasteiger partial charge is 0.348 e. The molecule has 4 rings (SSSR count). The lowest BCUT2D eigenvalue weighted by Gasteiger charge is -2.17. The van der Waals surface area contributed by atoms with Gasteiger partial charge in [0.25, 0.3) is 0 Å². The second-order valence-electron chi connectivity index (χ2n) is 9.63. The van der Waals surface area contributed by atoms with Gasteiger partial charge in [0.15, 0.2) is 6.10 Å². The number of carbonyl (C=O) groups is 1. The molecule has 1 unspecified atom stereocenters. The fourth-order valence-corrected chi connectivity index (χ4v) is 4.51. The van der Waals surface area contributed by atoms with Crippen LogP contribution in [0.3, 0.4) is 0 Å². The number of hydrogen-bond donors (Lipinski definition) is 0. The van der Waals surface area contributed by atoms with Crippen LogP contribution >= 0.6 is 0 Å². The van der Waals surface area contributed by atoms with Gasteiger partial charge in [-0.2, -0.15) is 4.98 Å². The molecule has 0 amide bonds. The summed E-state index contributed by atoms with van der Waals surface area (Å²) in [7, 11) is 0. The van der Waals surface area contributed by atoms with E-state index in [-0.39, 0.29) is 18.2 Å². The summed E-state index contributed by atoms with van der Waals surface area (Å²) in [6, 6.07) is 21.3. The molecule has 0 radical (unpaired) electrons. The molecule has 7 heteroatoms. The number of ether oxygens (including phenoxy) is 3. The molecular weight excluding hydrogens is 492 g/mol. The summed E-state index contributed by atoms with van der Waals surface area (Å²) < 4.78 is 18.5. The lowest BCUT2D eigenvalue weighted by atomic mass is 9.99. The SMILES string of the molecule is CCOC(=O)C(CC)Oc1cccc(Cn2c(=O)nc(-c3ccc(C(C)C)cc3)c3cc(OCC)ccc32)c1. The normalized spacial score (nSPS) is 11.9. The Morgan fingerprint density at radius 2 is 1.69 bits per heavy atom. The maximum absolute atomic E-state index is 13.4. The van der Waals surface area contributed by atoms with Crippen molar-refractivity contribution in [1.82, 2.24) is 9.55 Å². The molecule has 0 aliphatic heterocycles. The molecule has 0 saturated heterocycles. The van der Waals surface area contributed by atoms with E-state index in [0.717, 1.165) is 27.8 Å². The Morgan fingerprint density at radius 1 is 0.923 bits per heavy atom. The summed E-state index contributed by atoms with van der Waals surface area (Å²) in [5, 5.41) is 0.832. The van der Waals surface area contributed by atoms with Gasteiger partial charge in [-0.25, -0.2) is 9.59 Å². The first kappa shape index (κ1) is 27.9. The first-order valence-electron chi connectivity index (χ1n) is 13.5. The summed E-state index contributed by atoms with van der Waals surface area (Å²) in [6.07, 6.45) is -0.206. The van der Waals surface area contributed by atoms with Crippen LogP contribution in [0.25, 0.3) is 22.2 Å². The Bertz CT molecular complexity index is 1490. The quantitative estimate of drug-likeness (QED) is 0.211. The Labute approximate surface area is 229 Å². The minimum atomic E-state index is -0.691. The third-order valence-electron chi connectivity index (χ3n) is 6.55. The summed E-state index contributed by atoms with van der Waals surface area (Å²) in [4.78, 5) is 30.2.